The summed E-state index contributed by atoms with van der Waals surface area (Å²) in [6.45, 7) is 5.00. The Labute approximate surface area is 321 Å². The quantitative estimate of drug-likeness (QED) is 0.185. The topological polar surface area (TPSA) is 148 Å². The van der Waals surface area contributed by atoms with Gasteiger partial charge in [0.15, 0.2) is 6.10 Å². The second-order valence-corrected chi connectivity index (χ2v) is 16.3. The highest BCUT2D eigenvalue weighted by Gasteiger charge is 2.39. The van der Waals surface area contributed by atoms with Gasteiger partial charge in [-0.15, -0.1) is 0 Å². The zero-order valence-corrected chi connectivity index (χ0v) is 32.8. The van der Waals surface area contributed by atoms with E-state index in [1.165, 1.54) is 22.7 Å². The van der Waals surface area contributed by atoms with Crippen LogP contribution >= 0.6 is 0 Å². The van der Waals surface area contributed by atoms with Crippen LogP contribution < -0.4 is 5.32 Å². The zero-order valence-electron chi connectivity index (χ0n) is 32.8. The van der Waals surface area contributed by atoms with Crippen LogP contribution in [-0.2, 0) is 32.0 Å². The molecule has 0 spiro atoms. The molecule has 3 N–H and O–H groups in total. The average molecular weight is 749 g/mol. The third-order valence-electron chi connectivity index (χ3n) is 11.7. The number of aromatic nitrogens is 2. The van der Waals surface area contributed by atoms with Crippen molar-refractivity contribution in [1.82, 2.24) is 30.2 Å². The summed E-state index contributed by atoms with van der Waals surface area (Å²) in [6.07, 6.45) is 14.7. The Balaban J connectivity index is 1.37. The standard InChI is InChI=1S/C42H64N6O6/c1-30(2)21-22-37(49)35(25-31-15-7-4-8-16-31)45-39(50)36(27-34-28-43-29-44-34)46(3)41(52)38(26-32-17-9-5-10-18-32)54-42(53)48-24-14-13-23-47(48)40(51)33-19-11-6-12-20-33/h5,9-10,17-18,28-31,33,35-38,49H,4,6-8,11-16,19-27H2,1-3H3,(H,43,44)(H,45,50)/t35-,36-,37-,38-/m0/s1. The van der Waals surface area contributed by atoms with Gasteiger partial charge in [-0.2, -0.15) is 0 Å². The van der Waals surface area contributed by atoms with Gasteiger partial charge in [-0.1, -0.05) is 95.5 Å². The van der Waals surface area contributed by atoms with Crippen molar-refractivity contribution in [2.45, 2.75) is 147 Å². The number of aromatic amines is 1. The first kappa shape index (κ1) is 41.2. The normalized spacial score (nSPS) is 19.5. The summed E-state index contributed by atoms with van der Waals surface area (Å²) in [6, 6.07) is 7.91. The van der Waals surface area contributed by atoms with Gasteiger partial charge in [0, 0.05) is 50.8 Å². The first-order valence-electron chi connectivity index (χ1n) is 20.7. The van der Waals surface area contributed by atoms with Gasteiger partial charge in [-0.05, 0) is 62.3 Å². The number of carbonyl (C=O) groups excluding carboxylic acids is 4. The molecule has 2 saturated carbocycles. The van der Waals surface area contributed by atoms with Crippen molar-refractivity contribution < 1.29 is 29.0 Å². The van der Waals surface area contributed by atoms with E-state index in [4.69, 9.17) is 4.74 Å². The molecule has 12 heteroatoms. The molecule has 4 atom stereocenters. The van der Waals surface area contributed by atoms with Crippen molar-refractivity contribution in [2.75, 3.05) is 20.1 Å². The van der Waals surface area contributed by atoms with Gasteiger partial charge in [0.1, 0.15) is 6.04 Å². The molecule has 2 aromatic rings. The number of likely N-dealkylation sites (N-methyl/N-ethyl adjacent to an activating group) is 1. The van der Waals surface area contributed by atoms with Gasteiger partial charge in [-0.25, -0.2) is 19.8 Å². The number of aliphatic hydroxyl groups is 1. The van der Waals surface area contributed by atoms with E-state index < -0.39 is 36.3 Å². The average Bonchev–Trinajstić information content (AvgIpc) is 3.72. The summed E-state index contributed by atoms with van der Waals surface area (Å²) in [5, 5.41) is 17.6. The summed E-state index contributed by atoms with van der Waals surface area (Å²) in [7, 11) is 1.57. The van der Waals surface area contributed by atoms with E-state index in [1.807, 2.05) is 30.3 Å². The maximum Gasteiger partial charge on any atom is 0.429 e. The Kier molecular flexibility index (Phi) is 15.8. The number of aliphatic hydroxyl groups excluding tert-OH is 1. The fraction of sp³-hybridized carbons (Fsp3) is 0.690. The number of H-pyrrole nitrogens is 1. The summed E-state index contributed by atoms with van der Waals surface area (Å²) >= 11 is 0. The molecule has 2 aliphatic carbocycles. The van der Waals surface area contributed by atoms with Crippen molar-refractivity contribution in [3.63, 3.8) is 0 Å². The van der Waals surface area contributed by atoms with Crippen molar-refractivity contribution in [2.24, 2.45) is 17.8 Å². The van der Waals surface area contributed by atoms with Crippen LogP contribution in [0.5, 0.6) is 0 Å². The lowest BCUT2D eigenvalue weighted by Crippen LogP contribution is -2.58. The molecule has 1 saturated heterocycles. The number of hydrogen-bond acceptors (Lipinski definition) is 7. The van der Waals surface area contributed by atoms with Crippen molar-refractivity contribution in [1.29, 1.82) is 0 Å². The van der Waals surface area contributed by atoms with Crippen molar-refractivity contribution in [3.8, 4) is 0 Å². The fourth-order valence-corrected chi connectivity index (χ4v) is 8.40. The number of rotatable bonds is 16. The molecule has 1 aromatic heterocycles. The van der Waals surface area contributed by atoms with Gasteiger partial charge in [0.2, 0.25) is 11.8 Å². The van der Waals surface area contributed by atoms with Crippen LogP contribution in [0.2, 0.25) is 0 Å². The predicted octanol–water partition coefficient (Wildman–Crippen LogP) is 6.20. The lowest BCUT2D eigenvalue weighted by molar-refractivity contribution is -0.158. The molecule has 2 heterocycles. The monoisotopic (exact) mass is 748 g/mol. The number of hydrazine groups is 1. The van der Waals surface area contributed by atoms with E-state index >= 15 is 0 Å². The minimum Gasteiger partial charge on any atom is -0.434 e. The Bertz CT molecular complexity index is 1460. The van der Waals surface area contributed by atoms with E-state index in [2.05, 4.69) is 29.1 Å². The van der Waals surface area contributed by atoms with E-state index in [0.717, 1.165) is 82.6 Å². The number of imidazole rings is 1. The highest BCUT2D eigenvalue weighted by atomic mass is 16.6. The van der Waals surface area contributed by atoms with Gasteiger partial charge >= 0.3 is 6.09 Å². The summed E-state index contributed by atoms with van der Waals surface area (Å²) < 4.78 is 6.09. The number of benzene rings is 1. The molecule has 12 nitrogen and oxygen atoms in total. The number of nitrogens with zero attached hydrogens (tertiary/aromatic N) is 4. The van der Waals surface area contributed by atoms with E-state index in [0.29, 0.717) is 43.5 Å². The predicted molar refractivity (Wildman–Crippen MR) is 207 cm³/mol. The lowest BCUT2D eigenvalue weighted by Gasteiger charge is -2.40. The molecule has 54 heavy (non-hydrogen) atoms. The Morgan fingerprint density at radius 3 is 2.22 bits per heavy atom. The largest absolute Gasteiger partial charge is 0.434 e. The third-order valence-corrected chi connectivity index (χ3v) is 11.7. The molecule has 3 aliphatic rings. The molecular weight excluding hydrogens is 684 g/mol. The van der Waals surface area contributed by atoms with Crippen LogP contribution in [0, 0.1) is 17.8 Å². The highest BCUT2D eigenvalue weighted by molar-refractivity contribution is 5.91. The minimum atomic E-state index is -1.26. The van der Waals surface area contributed by atoms with E-state index in [-0.39, 0.29) is 30.6 Å². The molecule has 3 fully saturated rings. The summed E-state index contributed by atoms with van der Waals surface area (Å²) in [5.41, 5.74) is 1.46. The van der Waals surface area contributed by atoms with E-state index in [9.17, 15) is 24.3 Å². The first-order chi connectivity index (χ1) is 26.1. The number of amides is 4. The molecule has 0 radical (unpaired) electrons. The van der Waals surface area contributed by atoms with Crippen LogP contribution in [0.1, 0.15) is 121 Å². The summed E-state index contributed by atoms with van der Waals surface area (Å²) in [5.74, 6) is -0.253. The number of ether oxygens (including phenoxy) is 1. The van der Waals surface area contributed by atoms with Gasteiger partial charge in [-0.3, -0.25) is 14.4 Å². The molecule has 1 aromatic carbocycles. The van der Waals surface area contributed by atoms with Crippen molar-refractivity contribution in [3.05, 3.63) is 54.1 Å². The molecule has 0 unspecified atom stereocenters. The van der Waals surface area contributed by atoms with Crippen LogP contribution in [0.3, 0.4) is 0 Å². The molecule has 298 valence electrons. The summed E-state index contributed by atoms with van der Waals surface area (Å²) in [4.78, 5) is 65.3. The van der Waals surface area contributed by atoms with Crippen LogP contribution in [0.25, 0.3) is 0 Å². The maximum absolute atomic E-state index is 14.6. The molecule has 4 amide bonds. The third kappa shape index (κ3) is 11.8. The number of carbonyl (C=O) groups is 4. The first-order valence-corrected chi connectivity index (χ1v) is 20.7. The van der Waals surface area contributed by atoms with Crippen LogP contribution in [-0.4, -0.2) is 98.2 Å². The molecule has 0 bridgehead atoms. The van der Waals surface area contributed by atoms with E-state index in [1.54, 1.807) is 18.3 Å². The Morgan fingerprint density at radius 2 is 1.57 bits per heavy atom. The fourth-order valence-electron chi connectivity index (χ4n) is 8.40. The Morgan fingerprint density at radius 1 is 0.907 bits per heavy atom. The second kappa shape index (κ2) is 20.7. The number of hydrogen-bond donors (Lipinski definition) is 3. The SMILES string of the molecule is CC(C)CC[C@H](O)[C@H](CC1CCCCC1)NC(=O)[C@H](Cc1cnc[nH]1)N(C)C(=O)[C@H](Cc1ccccc1)OC(=O)N1CCCCN1C(=O)C1CCCCC1. The molecule has 5 rings (SSSR count). The lowest BCUT2D eigenvalue weighted by atomic mass is 9.83. The highest BCUT2D eigenvalue weighted by Crippen LogP contribution is 2.30. The second-order valence-electron chi connectivity index (χ2n) is 16.3. The molecular formula is C42H64N6O6. The Hall–Kier alpha value is -3.93. The van der Waals surface area contributed by atoms with Crippen LogP contribution in [0.4, 0.5) is 4.79 Å². The van der Waals surface area contributed by atoms with Crippen molar-refractivity contribution >= 4 is 23.8 Å². The van der Waals surface area contributed by atoms with Crippen LogP contribution in [0.15, 0.2) is 42.9 Å². The number of nitrogens with one attached hydrogen (secondary N) is 2. The minimum absolute atomic E-state index is 0.0518. The van der Waals surface area contributed by atoms with Gasteiger partial charge < -0.3 is 25.0 Å². The van der Waals surface area contributed by atoms with Gasteiger partial charge in [0.05, 0.1) is 18.5 Å². The van der Waals surface area contributed by atoms with Gasteiger partial charge in [0.25, 0.3) is 5.91 Å². The maximum atomic E-state index is 14.6. The molecule has 1 aliphatic heterocycles. The smallest absolute Gasteiger partial charge is 0.429 e. The zero-order chi connectivity index (χ0) is 38.5.